The fraction of sp³-hybridized carbons (Fsp3) is 0.333. The minimum atomic E-state index is 0.0670. The van der Waals surface area contributed by atoms with Crippen molar-refractivity contribution in [1.82, 2.24) is 0 Å². The highest BCUT2D eigenvalue weighted by molar-refractivity contribution is 9.10. The molecule has 4 heteroatoms. The van der Waals surface area contributed by atoms with Crippen LogP contribution in [0.3, 0.4) is 0 Å². The predicted octanol–water partition coefficient (Wildman–Crippen LogP) is 2.88. The highest BCUT2D eigenvalue weighted by Gasteiger charge is 2.21. The summed E-state index contributed by atoms with van der Waals surface area (Å²) >= 11 is 9.31. The fourth-order valence-corrected chi connectivity index (χ4v) is 2.05. The van der Waals surface area contributed by atoms with Crippen molar-refractivity contribution in [2.75, 3.05) is 6.61 Å². The van der Waals surface area contributed by atoms with Crippen LogP contribution in [-0.4, -0.2) is 6.61 Å². The van der Waals surface area contributed by atoms with Crippen molar-refractivity contribution in [3.8, 4) is 5.75 Å². The van der Waals surface area contributed by atoms with Crippen molar-refractivity contribution in [3.63, 3.8) is 0 Å². The van der Waals surface area contributed by atoms with Crippen LogP contribution in [0.4, 0.5) is 0 Å². The molecule has 2 rings (SSSR count). The highest BCUT2D eigenvalue weighted by atomic mass is 79.9. The summed E-state index contributed by atoms with van der Waals surface area (Å²) in [6.45, 7) is 0.660. The number of benzene rings is 1. The third-order valence-electron chi connectivity index (χ3n) is 2.16. The van der Waals surface area contributed by atoms with Crippen molar-refractivity contribution in [3.05, 3.63) is 27.2 Å². The molecule has 0 unspecified atom stereocenters. The molecule has 1 aliphatic rings. The molecule has 13 heavy (non-hydrogen) atoms. The number of halogens is 2. The third kappa shape index (κ3) is 1.56. The van der Waals surface area contributed by atoms with E-state index in [-0.39, 0.29) is 6.04 Å². The maximum absolute atomic E-state index is 5.93. The summed E-state index contributed by atoms with van der Waals surface area (Å²) in [6.07, 6.45) is 0.862. The lowest BCUT2D eigenvalue weighted by molar-refractivity contribution is 0.267. The molecule has 0 aromatic heterocycles. The second kappa shape index (κ2) is 3.48. The topological polar surface area (TPSA) is 35.2 Å². The molecule has 0 radical (unpaired) electrons. The van der Waals surface area contributed by atoms with Crippen LogP contribution in [0, 0.1) is 0 Å². The Labute approximate surface area is 90.1 Å². The summed E-state index contributed by atoms with van der Waals surface area (Å²) < 4.78 is 6.30. The van der Waals surface area contributed by atoms with Gasteiger partial charge in [0.1, 0.15) is 5.75 Å². The molecule has 0 saturated carbocycles. The van der Waals surface area contributed by atoms with E-state index < -0.39 is 0 Å². The first-order valence-electron chi connectivity index (χ1n) is 4.06. The Morgan fingerprint density at radius 2 is 2.31 bits per heavy atom. The zero-order valence-electron chi connectivity index (χ0n) is 6.89. The third-order valence-corrected chi connectivity index (χ3v) is 3.49. The van der Waals surface area contributed by atoms with Gasteiger partial charge in [0, 0.05) is 18.0 Å². The molecule has 0 saturated heterocycles. The van der Waals surface area contributed by atoms with Gasteiger partial charge in [0.25, 0.3) is 0 Å². The lowest BCUT2D eigenvalue weighted by Crippen LogP contribution is -2.20. The van der Waals surface area contributed by atoms with Crippen LogP contribution in [0.1, 0.15) is 18.0 Å². The first-order chi connectivity index (χ1) is 6.20. The van der Waals surface area contributed by atoms with E-state index in [2.05, 4.69) is 15.9 Å². The lowest BCUT2D eigenvalue weighted by Gasteiger charge is -2.24. The van der Waals surface area contributed by atoms with Gasteiger partial charge in [-0.05, 0) is 22.0 Å². The summed E-state index contributed by atoms with van der Waals surface area (Å²) in [5.41, 5.74) is 6.95. The van der Waals surface area contributed by atoms with Crippen molar-refractivity contribution in [1.29, 1.82) is 0 Å². The van der Waals surface area contributed by atoms with Gasteiger partial charge in [-0.1, -0.05) is 17.7 Å². The van der Waals surface area contributed by atoms with Gasteiger partial charge < -0.3 is 10.5 Å². The number of fused-ring (bicyclic) bond motifs is 1. The fourth-order valence-electron chi connectivity index (χ4n) is 1.43. The number of hydrogen-bond donors (Lipinski definition) is 1. The molecule has 0 aliphatic carbocycles. The summed E-state index contributed by atoms with van der Waals surface area (Å²) in [6, 6.07) is 3.82. The van der Waals surface area contributed by atoms with Crippen molar-refractivity contribution in [2.45, 2.75) is 12.5 Å². The maximum atomic E-state index is 5.93. The van der Waals surface area contributed by atoms with E-state index in [1.54, 1.807) is 0 Å². The summed E-state index contributed by atoms with van der Waals surface area (Å²) in [4.78, 5) is 0. The average Bonchev–Trinajstić information content (AvgIpc) is 2.12. The minimum absolute atomic E-state index is 0.0670. The van der Waals surface area contributed by atoms with Gasteiger partial charge in [-0.2, -0.15) is 0 Å². The monoisotopic (exact) mass is 261 g/mol. The van der Waals surface area contributed by atoms with Crippen molar-refractivity contribution < 1.29 is 4.74 Å². The molecule has 1 aliphatic heterocycles. The molecule has 1 atom stereocenters. The van der Waals surface area contributed by atoms with E-state index in [1.165, 1.54) is 0 Å². The first kappa shape index (κ1) is 9.31. The quantitative estimate of drug-likeness (QED) is 0.780. The Morgan fingerprint density at radius 1 is 1.54 bits per heavy atom. The van der Waals surface area contributed by atoms with Crippen LogP contribution in [0.15, 0.2) is 16.6 Å². The normalized spacial score (nSPS) is 20.7. The van der Waals surface area contributed by atoms with Crippen LogP contribution in [0.25, 0.3) is 0 Å². The van der Waals surface area contributed by atoms with E-state index in [9.17, 15) is 0 Å². The zero-order chi connectivity index (χ0) is 9.42. The average molecular weight is 263 g/mol. The van der Waals surface area contributed by atoms with Gasteiger partial charge in [0.2, 0.25) is 0 Å². The Bertz CT molecular complexity index is 343. The number of rotatable bonds is 0. The van der Waals surface area contributed by atoms with E-state index in [1.807, 2.05) is 12.1 Å². The largest absolute Gasteiger partial charge is 0.492 e. The number of ether oxygens (including phenoxy) is 1. The van der Waals surface area contributed by atoms with Gasteiger partial charge >= 0.3 is 0 Å². The lowest BCUT2D eigenvalue weighted by atomic mass is 10.0. The second-order valence-corrected chi connectivity index (χ2v) is 4.22. The van der Waals surface area contributed by atoms with Gasteiger partial charge in [-0.15, -0.1) is 0 Å². The molecule has 70 valence electrons. The van der Waals surface area contributed by atoms with Crippen LogP contribution < -0.4 is 10.5 Å². The van der Waals surface area contributed by atoms with E-state index >= 15 is 0 Å². The van der Waals surface area contributed by atoms with Gasteiger partial charge in [0.15, 0.2) is 0 Å². The van der Waals surface area contributed by atoms with E-state index in [4.69, 9.17) is 22.1 Å². The van der Waals surface area contributed by atoms with Gasteiger partial charge in [-0.3, -0.25) is 0 Å². The molecule has 1 heterocycles. The van der Waals surface area contributed by atoms with Crippen molar-refractivity contribution in [2.24, 2.45) is 5.73 Å². The van der Waals surface area contributed by atoms with E-state index in [0.717, 1.165) is 22.2 Å². The summed E-state index contributed by atoms with van der Waals surface area (Å²) in [7, 11) is 0. The Hall–Kier alpha value is -0.250. The van der Waals surface area contributed by atoms with Gasteiger partial charge in [0.05, 0.1) is 16.1 Å². The maximum Gasteiger partial charge on any atom is 0.139 e. The molecule has 2 N–H and O–H groups in total. The molecule has 0 bridgehead atoms. The van der Waals surface area contributed by atoms with E-state index in [0.29, 0.717) is 11.6 Å². The van der Waals surface area contributed by atoms with Gasteiger partial charge in [-0.25, -0.2) is 0 Å². The highest BCUT2D eigenvalue weighted by Crippen LogP contribution is 2.40. The number of nitrogens with two attached hydrogens (primary N) is 1. The SMILES string of the molecule is N[C@@H]1CCOc2c1ccc(Cl)c2Br. The Balaban J connectivity index is 2.56. The molecule has 1 aromatic rings. The predicted molar refractivity (Wildman–Crippen MR) is 56.2 cm³/mol. The minimum Gasteiger partial charge on any atom is -0.492 e. The molecular formula is C9H9BrClNO. The van der Waals surface area contributed by atoms with Crippen molar-refractivity contribution >= 4 is 27.5 Å². The standard InChI is InChI=1S/C9H9BrClNO/c10-8-6(11)2-1-5-7(12)3-4-13-9(5)8/h1-2,7H,3-4,12H2/t7-/m1/s1. The van der Waals surface area contributed by atoms with Crippen LogP contribution >= 0.6 is 27.5 Å². The molecule has 2 nitrogen and oxygen atoms in total. The molecule has 1 aromatic carbocycles. The Kier molecular flexibility index (Phi) is 2.49. The molecule has 0 fully saturated rings. The van der Waals surface area contributed by atoms with Crippen LogP contribution in [-0.2, 0) is 0 Å². The first-order valence-corrected chi connectivity index (χ1v) is 5.23. The smallest absolute Gasteiger partial charge is 0.139 e. The summed E-state index contributed by atoms with van der Waals surface area (Å²) in [5, 5.41) is 0.660. The summed E-state index contributed by atoms with van der Waals surface area (Å²) in [5.74, 6) is 0.797. The Morgan fingerprint density at radius 3 is 3.08 bits per heavy atom. The van der Waals surface area contributed by atoms with Crippen LogP contribution in [0.5, 0.6) is 5.75 Å². The van der Waals surface area contributed by atoms with Crippen LogP contribution in [0.2, 0.25) is 5.02 Å². The zero-order valence-corrected chi connectivity index (χ0v) is 9.23. The molecule has 0 amide bonds. The second-order valence-electron chi connectivity index (χ2n) is 3.02. The molecule has 0 spiro atoms. The number of hydrogen-bond acceptors (Lipinski definition) is 2. The molecular weight excluding hydrogens is 253 g/mol.